The number of hydrogen-bond donors (Lipinski definition) is 0. The zero-order chi connectivity index (χ0) is 12.1. The summed E-state index contributed by atoms with van der Waals surface area (Å²) >= 11 is 6.51. The van der Waals surface area contributed by atoms with Gasteiger partial charge in [-0.05, 0) is 24.6 Å². The summed E-state index contributed by atoms with van der Waals surface area (Å²) in [5.41, 5.74) is 0.103. The third-order valence-electron chi connectivity index (χ3n) is 2.13. The summed E-state index contributed by atoms with van der Waals surface area (Å²) in [6.07, 6.45) is 0.845. The van der Waals surface area contributed by atoms with Crippen molar-refractivity contribution in [2.75, 3.05) is 18.9 Å². The molecule has 2 nitrogen and oxygen atoms in total. The van der Waals surface area contributed by atoms with E-state index >= 15 is 0 Å². The van der Waals surface area contributed by atoms with Crippen molar-refractivity contribution >= 4 is 37.8 Å². The Labute approximate surface area is 111 Å². The van der Waals surface area contributed by atoms with Crippen LogP contribution < -0.4 is 0 Å². The molecule has 0 spiro atoms. The van der Waals surface area contributed by atoms with Crippen LogP contribution in [0.1, 0.15) is 16.8 Å². The topological polar surface area (TPSA) is 20.3 Å². The van der Waals surface area contributed by atoms with Crippen LogP contribution in [0.25, 0.3) is 0 Å². The van der Waals surface area contributed by atoms with Gasteiger partial charge in [0.15, 0.2) is 0 Å². The highest BCUT2D eigenvalue weighted by Gasteiger charge is 2.15. The number of alkyl halides is 1. The first-order valence-electron chi connectivity index (χ1n) is 4.82. The summed E-state index contributed by atoms with van der Waals surface area (Å²) in [4.78, 5) is 13.4. The number of carbonyl (C=O) groups excluding carboxylic acids is 1. The fourth-order valence-electron chi connectivity index (χ4n) is 1.27. The third kappa shape index (κ3) is 3.56. The molecule has 1 aromatic rings. The van der Waals surface area contributed by atoms with Crippen LogP contribution in [0.5, 0.6) is 0 Å². The monoisotopic (exact) mass is 351 g/mol. The lowest BCUT2D eigenvalue weighted by Crippen LogP contribution is -2.28. The van der Waals surface area contributed by atoms with Gasteiger partial charge >= 0.3 is 0 Å². The van der Waals surface area contributed by atoms with Gasteiger partial charge in [-0.3, -0.25) is 4.79 Å². The lowest BCUT2D eigenvalue weighted by atomic mass is 10.2. The summed E-state index contributed by atoms with van der Waals surface area (Å²) in [5.74, 6) is -0.779. The third-order valence-corrected chi connectivity index (χ3v) is 3.19. The van der Waals surface area contributed by atoms with Crippen molar-refractivity contribution in [1.29, 1.82) is 0 Å². The molecular formula is C11H12Br2FNO. The molecule has 1 rings (SSSR count). The van der Waals surface area contributed by atoms with Gasteiger partial charge in [0, 0.05) is 23.4 Å². The number of amides is 1. The van der Waals surface area contributed by atoms with Gasteiger partial charge in [-0.2, -0.15) is 0 Å². The van der Waals surface area contributed by atoms with E-state index in [9.17, 15) is 9.18 Å². The molecule has 0 heterocycles. The first kappa shape index (κ1) is 13.6. The van der Waals surface area contributed by atoms with E-state index in [1.54, 1.807) is 13.1 Å². The summed E-state index contributed by atoms with van der Waals surface area (Å²) in [7, 11) is 1.67. The molecule has 0 atom stereocenters. The van der Waals surface area contributed by atoms with Crippen LogP contribution in [-0.2, 0) is 0 Å². The molecular weight excluding hydrogens is 341 g/mol. The first-order chi connectivity index (χ1) is 7.56. The number of rotatable bonds is 4. The number of carbonyl (C=O) groups is 1. The average Bonchev–Trinajstić information content (AvgIpc) is 2.28. The molecule has 0 saturated heterocycles. The van der Waals surface area contributed by atoms with Crippen molar-refractivity contribution in [3.8, 4) is 0 Å². The van der Waals surface area contributed by atoms with E-state index in [1.165, 1.54) is 17.0 Å². The Kier molecular flexibility index (Phi) is 5.41. The molecule has 0 fully saturated rings. The van der Waals surface area contributed by atoms with Gasteiger partial charge in [0.2, 0.25) is 0 Å². The molecule has 1 amide bonds. The van der Waals surface area contributed by atoms with E-state index in [0.717, 1.165) is 11.8 Å². The fourth-order valence-corrected chi connectivity index (χ4v) is 1.88. The summed E-state index contributed by atoms with van der Waals surface area (Å²) in [6, 6.07) is 4.36. The largest absolute Gasteiger partial charge is 0.342 e. The van der Waals surface area contributed by atoms with Crippen LogP contribution >= 0.6 is 31.9 Å². The van der Waals surface area contributed by atoms with Crippen LogP contribution in [0.2, 0.25) is 0 Å². The van der Waals surface area contributed by atoms with Crippen LogP contribution in [0.3, 0.4) is 0 Å². The minimum atomic E-state index is -0.487. The van der Waals surface area contributed by atoms with Gasteiger partial charge in [0.05, 0.1) is 5.56 Å². The summed E-state index contributed by atoms with van der Waals surface area (Å²) in [6.45, 7) is 0.607. The lowest BCUT2D eigenvalue weighted by Gasteiger charge is -2.16. The maximum Gasteiger partial charge on any atom is 0.256 e. The molecule has 0 radical (unpaired) electrons. The minimum Gasteiger partial charge on any atom is -0.342 e. The number of hydrogen-bond acceptors (Lipinski definition) is 1. The van der Waals surface area contributed by atoms with Crippen LogP contribution in [0.15, 0.2) is 22.7 Å². The quantitative estimate of drug-likeness (QED) is 0.760. The Morgan fingerprint density at radius 1 is 1.50 bits per heavy atom. The van der Waals surface area contributed by atoms with Crippen LogP contribution in [0, 0.1) is 5.82 Å². The van der Waals surface area contributed by atoms with Crippen molar-refractivity contribution < 1.29 is 9.18 Å². The molecule has 0 bridgehead atoms. The predicted octanol–water partition coefficient (Wildman–Crippen LogP) is 3.45. The Morgan fingerprint density at radius 3 is 2.81 bits per heavy atom. The van der Waals surface area contributed by atoms with Gasteiger partial charge < -0.3 is 4.90 Å². The second-order valence-corrected chi connectivity index (χ2v) is 5.10. The highest BCUT2D eigenvalue weighted by Crippen LogP contribution is 2.17. The molecule has 16 heavy (non-hydrogen) atoms. The molecule has 0 aliphatic heterocycles. The second kappa shape index (κ2) is 6.35. The maximum atomic E-state index is 13.4. The van der Waals surface area contributed by atoms with E-state index in [4.69, 9.17) is 0 Å². The lowest BCUT2D eigenvalue weighted by molar-refractivity contribution is 0.0791. The van der Waals surface area contributed by atoms with Crippen molar-refractivity contribution in [1.82, 2.24) is 4.90 Å². The standard InChI is InChI=1S/C11H12Br2FNO/c1-15(6-2-5-12)11(16)9-7-8(13)3-4-10(9)14/h3-4,7H,2,5-6H2,1H3. The van der Waals surface area contributed by atoms with E-state index in [0.29, 0.717) is 11.0 Å². The summed E-state index contributed by atoms with van der Waals surface area (Å²) < 4.78 is 14.1. The Bertz CT molecular complexity index is 384. The maximum absolute atomic E-state index is 13.4. The van der Waals surface area contributed by atoms with Gasteiger partial charge in [0.1, 0.15) is 5.82 Å². The Hall–Kier alpha value is -0.420. The van der Waals surface area contributed by atoms with Crippen LogP contribution in [-0.4, -0.2) is 29.7 Å². The van der Waals surface area contributed by atoms with Gasteiger partial charge in [-0.1, -0.05) is 31.9 Å². The molecule has 88 valence electrons. The van der Waals surface area contributed by atoms with Crippen molar-refractivity contribution in [3.63, 3.8) is 0 Å². The van der Waals surface area contributed by atoms with E-state index in [2.05, 4.69) is 31.9 Å². The van der Waals surface area contributed by atoms with E-state index in [-0.39, 0.29) is 11.5 Å². The number of halogens is 3. The molecule has 1 aromatic carbocycles. The minimum absolute atomic E-state index is 0.103. The van der Waals surface area contributed by atoms with Crippen molar-refractivity contribution in [2.45, 2.75) is 6.42 Å². The highest BCUT2D eigenvalue weighted by atomic mass is 79.9. The zero-order valence-corrected chi connectivity index (χ0v) is 12.0. The Balaban J connectivity index is 2.83. The van der Waals surface area contributed by atoms with Gasteiger partial charge in [-0.15, -0.1) is 0 Å². The average molecular weight is 353 g/mol. The van der Waals surface area contributed by atoms with Crippen LogP contribution in [0.4, 0.5) is 4.39 Å². The molecule has 0 saturated carbocycles. The fraction of sp³-hybridized carbons (Fsp3) is 0.364. The van der Waals surface area contributed by atoms with Crippen molar-refractivity contribution in [2.24, 2.45) is 0 Å². The van der Waals surface area contributed by atoms with Gasteiger partial charge in [0.25, 0.3) is 5.91 Å². The Morgan fingerprint density at radius 2 is 2.19 bits per heavy atom. The molecule has 5 heteroatoms. The molecule has 0 aliphatic rings. The van der Waals surface area contributed by atoms with E-state index in [1.807, 2.05) is 0 Å². The second-order valence-electron chi connectivity index (χ2n) is 3.39. The predicted molar refractivity (Wildman–Crippen MR) is 69.5 cm³/mol. The normalized spacial score (nSPS) is 10.2. The number of benzene rings is 1. The van der Waals surface area contributed by atoms with E-state index < -0.39 is 5.82 Å². The number of nitrogens with zero attached hydrogens (tertiary/aromatic N) is 1. The van der Waals surface area contributed by atoms with Gasteiger partial charge in [-0.25, -0.2) is 4.39 Å². The first-order valence-corrected chi connectivity index (χ1v) is 6.74. The molecule has 0 unspecified atom stereocenters. The molecule has 0 N–H and O–H groups in total. The summed E-state index contributed by atoms with van der Waals surface area (Å²) in [5, 5.41) is 0.825. The molecule has 0 aromatic heterocycles. The highest BCUT2D eigenvalue weighted by molar-refractivity contribution is 9.10. The van der Waals surface area contributed by atoms with Crippen molar-refractivity contribution in [3.05, 3.63) is 34.1 Å². The molecule has 0 aliphatic carbocycles. The smallest absolute Gasteiger partial charge is 0.256 e. The zero-order valence-electron chi connectivity index (χ0n) is 8.84. The SMILES string of the molecule is CN(CCCBr)C(=O)c1cc(Br)ccc1F.